The summed E-state index contributed by atoms with van der Waals surface area (Å²) in [5.41, 5.74) is 10.1. The molecule has 1 aliphatic carbocycles. The zero-order valence-corrected chi connectivity index (χ0v) is 10.1. The van der Waals surface area contributed by atoms with E-state index in [1.165, 1.54) is 0 Å². The molecule has 1 saturated carbocycles. The van der Waals surface area contributed by atoms with Crippen molar-refractivity contribution in [3.05, 3.63) is 0 Å². The van der Waals surface area contributed by atoms with Crippen LogP contribution in [0.2, 0.25) is 0 Å². The van der Waals surface area contributed by atoms with Crippen LogP contribution in [0.25, 0.3) is 0 Å². The minimum absolute atomic E-state index is 0. The summed E-state index contributed by atoms with van der Waals surface area (Å²) in [6.07, 6.45) is 3.89. The molecule has 16 heavy (non-hydrogen) atoms. The van der Waals surface area contributed by atoms with E-state index in [2.05, 4.69) is 5.32 Å². The topological polar surface area (TPSA) is 98.2 Å². The third-order valence-corrected chi connectivity index (χ3v) is 3.08. The van der Waals surface area contributed by atoms with Gasteiger partial charge in [-0.3, -0.25) is 9.59 Å². The highest BCUT2D eigenvalue weighted by Gasteiger charge is 2.39. The van der Waals surface area contributed by atoms with Gasteiger partial charge in [0.05, 0.1) is 5.41 Å². The zero-order chi connectivity index (χ0) is 11.3. The standard InChI is InChI=1S/C10H19N3O2.ClH/c11-6-3-8(14)13-7-10(9(12)15)4-1-2-5-10;/h1-7,11H2,(H2,12,15)(H,13,14);1H. The van der Waals surface area contributed by atoms with Gasteiger partial charge in [-0.2, -0.15) is 0 Å². The summed E-state index contributed by atoms with van der Waals surface area (Å²) in [4.78, 5) is 22.6. The maximum atomic E-state index is 11.3. The van der Waals surface area contributed by atoms with Gasteiger partial charge < -0.3 is 16.8 Å². The van der Waals surface area contributed by atoms with Crippen molar-refractivity contribution in [1.29, 1.82) is 0 Å². The molecule has 6 heteroatoms. The number of amides is 2. The molecule has 0 bridgehead atoms. The van der Waals surface area contributed by atoms with Crippen molar-refractivity contribution in [2.45, 2.75) is 32.1 Å². The van der Waals surface area contributed by atoms with Crippen LogP contribution < -0.4 is 16.8 Å². The molecular formula is C10H20ClN3O2. The number of hydrogen-bond donors (Lipinski definition) is 3. The molecule has 0 aromatic rings. The number of halogens is 1. The minimum atomic E-state index is -0.510. The summed E-state index contributed by atoms with van der Waals surface area (Å²) in [6, 6.07) is 0. The number of nitrogens with two attached hydrogens (primary N) is 2. The molecule has 0 aromatic carbocycles. The van der Waals surface area contributed by atoms with Crippen molar-refractivity contribution in [3.63, 3.8) is 0 Å². The first-order chi connectivity index (χ1) is 7.10. The summed E-state index contributed by atoms with van der Waals surface area (Å²) in [6.45, 7) is 0.691. The van der Waals surface area contributed by atoms with Gasteiger partial charge in [-0.25, -0.2) is 0 Å². The van der Waals surface area contributed by atoms with E-state index in [4.69, 9.17) is 11.5 Å². The molecule has 5 N–H and O–H groups in total. The minimum Gasteiger partial charge on any atom is -0.369 e. The highest BCUT2D eigenvalue weighted by molar-refractivity contribution is 5.85. The van der Waals surface area contributed by atoms with Gasteiger partial charge in [0.25, 0.3) is 0 Å². The van der Waals surface area contributed by atoms with Gasteiger partial charge in [0.2, 0.25) is 11.8 Å². The summed E-state index contributed by atoms with van der Waals surface area (Å²) in [5, 5.41) is 2.73. The SMILES string of the molecule is Cl.NCCC(=O)NCC1(C(N)=O)CCCC1. The molecule has 5 nitrogen and oxygen atoms in total. The average molecular weight is 250 g/mol. The van der Waals surface area contributed by atoms with Gasteiger partial charge in [0.1, 0.15) is 0 Å². The number of nitrogens with one attached hydrogen (secondary N) is 1. The van der Waals surface area contributed by atoms with Crippen LogP contribution in [-0.4, -0.2) is 24.9 Å². The van der Waals surface area contributed by atoms with E-state index in [0.29, 0.717) is 19.5 Å². The van der Waals surface area contributed by atoms with Crippen LogP contribution in [-0.2, 0) is 9.59 Å². The predicted octanol–water partition coefficient (Wildman–Crippen LogP) is -0.0811. The van der Waals surface area contributed by atoms with Crippen LogP contribution in [0.3, 0.4) is 0 Å². The lowest BCUT2D eigenvalue weighted by atomic mass is 9.85. The Morgan fingerprint density at radius 3 is 2.25 bits per heavy atom. The maximum Gasteiger partial charge on any atom is 0.225 e. The lowest BCUT2D eigenvalue weighted by Crippen LogP contribution is -2.45. The molecule has 0 heterocycles. The van der Waals surface area contributed by atoms with Crippen LogP contribution in [0.4, 0.5) is 0 Å². The molecule has 0 unspecified atom stereocenters. The highest BCUT2D eigenvalue weighted by atomic mass is 35.5. The average Bonchev–Trinajstić information content (AvgIpc) is 2.65. The van der Waals surface area contributed by atoms with Crippen molar-refractivity contribution in [3.8, 4) is 0 Å². The largest absolute Gasteiger partial charge is 0.369 e. The van der Waals surface area contributed by atoms with Crippen LogP contribution in [0.1, 0.15) is 32.1 Å². The lowest BCUT2D eigenvalue weighted by molar-refractivity contribution is -0.128. The molecule has 1 fully saturated rings. The van der Waals surface area contributed by atoms with Crippen LogP contribution in [0, 0.1) is 5.41 Å². The maximum absolute atomic E-state index is 11.3. The van der Waals surface area contributed by atoms with Gasteiger partial charge >= 0.3 is 0 Å². The molecule has 0 spiro atoms. The second-order valence-electron chi connectivity index (χ2n) is 4.17. The third kappa shape index (κ3) is 3.64. The molecule has 0 aromatic heterocycles. The predicted molar refractivity (Wildman–Crippen MR) is 64.0 cm³/mol. The van der Waals surface area contributed by atoms with Crippen molar-refractivity contribution < 1.29 is 9.59 Å². The molecule has 0 atom stereocenters. The van der Waals surface area contributed by atoms with Gasteiger partial charge in [-0.15, -0.1) is 12.4 Å². The highest BCUT2D eigenvalue weighted by Crippen LogP contribution is 2.37. The Kier molecular flexibility index (Phi) is 6.36. The van der Waals surface area contributed by atoms with Crippen LogP contribution in [0.15, 0.2) is 0 Å². The molecule has 0 radical (unpaired) electrons. The van der Waals surface area contributed by atoms with Gasteiger partial charge in [0, 0.05) is 19.5 Å². The van der Waals surface area contributed by atoms with E-state index in [0.717, 1.165) is 25.7 Å². The normalized spacial score (nSPS) is 17.6. The zero-order valence-electron chi connectivity index (χ0n) is 9.33. The summed E-state index contributed by atoms with van der Waals surface area (Å²) >= 11 is 0. The van der Waals surface area contributed by atoms with Crippen molar-refractivity contribution >= 4 is 24.2 Å². The molecule has 1 rings (SSSR count). The van der Waals surface area contributed by atoms with E-state index < -0.39 is 5.41 Å². The third-order valence-electron chi connectivity index (χ3n) is 3.08. The number of rotatable bonds is 5. The number of primary amides is 1. The van der Waals surface area contributed by atoms with Gasteiger partial charge in [-0.1, -0.05) is 12.8 Å². The van der Waals surface area contributed by atoms with Crippen LogP contribution in [0.5, 0.6) is 0 Å². The fraction of sp³-hybridized carbons (Fsp3) is 0.800. The van der Waals surface area contributed by atoms with Gasteiger partial charge in [0.15, 0.2) is 0 Å². The first kappa shape index (κ1) is 15.2. The Hall–Kier alpha value is -0.810. The Morgan fingerprint density at radius 2 is 1.81 bits per heavy atom. The van der Waals surface area contributed by atoms with Gasteiger partial charge in [-0.05, 0) is 12.8 Å². The van der Waals surface area contributed by atoms with E-state index in [1.54, 1.807) is 0 Å². The van der Waals surface area contributed by atoms with Crippen molar-refractivity contribution in [2.24, 2.45) is 16.9 Å². The fourth-order valence-corrected chi connectivity index (χ4v) is 2.05. The monoisotopic (exact) mass is 249 g/mol. The Morgan fingerprint density at radius 1 is 1.25 bits per heavy atom. The Labute approximate surface area is 102 Å². The number of hydrogen-bond acceptors (Lipinski definition) is 3. The molecule has 2 amide bonds. The number of carbonyl (C=O) groups excluding carboxylic acids is 2. The van der Waals surface area contributed by atoms with Crippen molar-refractivity contribution in [1.82, 2.24) is 5.32 Å². The molecule has 0 aliphatic heterocycles. The molecular weight excluding hydrogens is 230 g/mol. The van der Waals surface area contributed by atoms with E-state index >= 15 is 0 Å². The van der Waals surface area contributed by atoms with Crippen LogP contribution >= 0.6 is 12.4 Å². The van der Waals surface area contributed by atoms with E-state index in [9.17, 15) is 9.59 Å². The first-order valence-corrected chi connectivity index (χ1v) is 5.37. The smallest absolute Gasteiger partial charge is 0.225 e. The number of carbonyl (C=O) groups is 2. The van der Waals surface area contributed by atoms with E-state index in [-0.39, 0.29) is 24.2 Å². The second-order valence-corrected chi connectivity index (χ2v) is 4.17. The first-order valence-electron chi connectivity index (χ1n) is 5.37. The summed E-state index contributed by atoms with van der Waals surface area (Å²) in [5.74, 6) is -0.405. The second kappa shape index (κ2) is 6.70. The summed E-state index contributed by atoms with van der Waals surface area (Å²) in [7, 11) is 0. The van der Waals surface area contributed by atoms with Crippen molar-refractivity contribution in [2.75, 3.05) is 13.1 Å². The summed E-state index contributed by atoms with van der Waals surface area (Å²) < 4.78 is 0. The Balaban J connectivity index is 0.00000225. The van der Waals surface area contributed by atoms with E-state index in [1.807, 2.05) is 0 Å². The molecule has 0 saturated heterocycles. The lowest BCUT2D eigenvalue weighted by Gasteiger charge is -2.25. The Bertz CT molecular complexity index is 252. The quantitative estimate of drug-likeness (QED) is 0.636. The fourth-order valence-electron chi connectivity index (χ4n) is 2.05. The molecule has 94 valence electrons. The molecule has 1 aliphatic rings.